The lowest BCUT2D eigenvalue weighted by Crippen LogP contribution is -2.47. The lowest BCUT2D eigenvalue weighted by Gasteiger charge is -2.39. The molecule has 0 spiro atoms. The number of benzene rings is 3. The van der Waals surface area contributed by atoms with Crippen molar-refractivity contribution in [2.75, 3.05) is 32.7 Å². The van der Waals surface area contributed by atoms with Crippen LogP contribution in [0.2, 0.25) is 0 Å². The van der Waals surface area contributed by atoms with E-state index in [-0.39, 0.29) is 11.1 Å². The zero-order chi connectivity index (χ0) is 27.7. The Hall–Kier alpha value is -2.68. The van der Waals surface area contributed by atoms with Crippen LogP contribution in [0.1, 0.15) is 36.4 Å². The van der Waals surface area contributed by atoms with Crippen molar-refractivity contribution < 1.29 is 13.7 Å². The summed E-state index contributed by atoms with van der Waals surface area (Å²) in [5.41, 5.74) is 0.910. The second kappa shape index (κ2) is 9.50. The van der Waals surface area contributed by atoms with Crippen molar-refractivity contribution in [2.45, 2.75) is 6.04 Å². The first kappa shape index (κ1) is 10.2. The Kier molecular flexibility index (Phi) is 3.46. The smallest absolute Gasteiger partial charge is 0.0626 e. The van der Waals surface area contributed by atoms with Gasteiger partial charge in [-0.05, 0) is 16.7 Å². The monoisotopic (exact) mass is 378 g/mol. The lowest BCUT2D eigenvalue weighted by molar-refractivity contribution is 0.118. The molecule has 3 aromatic rings. The summed E-state index contributed by atoms with van der Waals surface area (Å²) in [6.07, 6.45) is 4.10. The molecule has 3 aromatic carbocycles. The van der Waals surface area contributed by atoms with Crippen molar-refractivity contribution in [1.29, 1.82) is 0 Å². The summed E-state index contributed by atoms with van der Waals surface area (Å²) in [7, 11) is 0. The number of hydrogen-bond acceptors (Lipinski definition) is 2. The minimum absolute atomic E-state index is 0.0908. The van der Waals surface area contributed by atoms with Gasteiger partial charge in [0, 0.05) is 32.7 Å². The van der Waals surface area contributed by atoms with Gasteiger partial charge in [-0.25, -0.2) is 0 Å². The topological polar surface area (TPSA) is 6.48 Å². The Labute approximate surface area is 182 Å². The van der Waals surface area contributed by atoms with Crippen LogP contribution in [-0.4, -0.2) is 42.5 Å². The van der Waals surface area contributed by atoms with Crippen molar-refractivity contribution in [3.05, 3.63) is 114 Å². The molecule has 1 heterocycles. The van der Waals surface area contributed by atoms with Crippen molar-refractivity contribution in [1.82, 2.24) is 9.80 Å². The van der Waals surface area contributed by atoms with Crippen LogP contribution in [0.15, 0.2) is 96.8 Å². The first-order valence-electron chi connectivity index (χ1n) is 14.4. The van der Waals surface area contributed by atoms with Crippen molar-refractivity contribution in [3.63, 3.8) is 0 Å². The molecule has 0 saturated carbocycles. The number of piperazine rings is 1. The quantitative estimate of drug-likeness (QED) is 0.588. The molecule has 0 aromatic heterocycles. The van der Waals surface area contributed by atoms with Gasteiger partial charge in [0.1, 0.15) is 0 Å². The molecule has 0 atom stereocenters. The van der Waals surface area contributed by atoms with Crippen LogP contribution < -0.4 is 0 Å². The molecule has 0 aliphatic carbocycles. The summed E-state index contributed by atoms with van der Waals surface area (Å²) in [6.45, 7) is 2.69. The van der Waals surface area contributed by atoms with E-state index in [9.17, 15) is 0 Å². The van der Waals surface area contributed by atoms with Gasteiger partial charge in [0.05, 0.1) is 19.7 Å². The fourth-order valence-corrected chi connectivity index (χ4v) is 3.41. The molecule has 0 N–H and O–H groups in total. The van der Waals surface area contributed by atoms with Crippen LogP contribution in [0.25, 0.3) is 6.08 Å². The highest BCUT2D eigenvalue weighted by molar-refractivity contribution is 5.48. The minimum atomic E-state index is -1.11. The van der Waals surface area contributed by atoms with E-state index in [1.54, 1.807) is 0 Å². The van der Waals surface area contributed by atoms with E-state index in [0.29, 0.717) is 32.7 Å². The van der Waals surface area contributed by atoms with Crippen molar-refractivity contribution >= 4 is 6.08 Å². The first-order valence-corrected chi connectivity index (χ1v) is 9.36. The molecular formula is C26H28N2. The van der Waals surface area contributed by atoms with E-state index in [0.717, 1.165) is 5.56 Å². The summed E-state index contributed by atoms with van der Waals surface area (Å²) in [5, 5.41) is 0. The van der Waals surface area contributed by atoms with Gasteiger partial charge < -0.3 is 0 Å². The van der Waals surface area contributed by atoms with E-state index in [1.165, 1.54) is 0 Å². The molecule has 0 amide bonds. The molecule has 0 radical (unpaired) electrons. The SMILES string of the molecule is [2H]c1c([2H])c([2H])c(C(c2c([2H])c([2H])c([2H])c([2H])c2[2H])N2CCN(C/C=C/c3ccccc3)CC2)c([2H])c1[2H]. The maximum absolute atomic E-state index is 8.56. The van der Waals surface area contributed by atoms with E-state index in [4.69, 9.17) is 13.7 Å². The van der Waals surface area contributed by atoms with Crippen LogP contribution in [0.4, 0.5) is 0 Å². The zero-order valence-corrected chi connectivity index (χ0v) is 15.5. The van der Waals surface area contributed by atoms with Gasteiger partial charge >= 0.3 is 0 Å². The highest BCUT2D eigenvalue weighted by atomic mass is 15.3. The van der Waals surface area contributed by atoms with Gasteiger partial charge in [0.25, 0.3) is 0 Å². The van der Waals surface area contributed by atoms with E-state index in [2.05, 4.69) is 11.0 Å². The van der Waals surface area contributed by atoms with Crippen LogP contribution in [0.5, 0.6) is 0 Å². The average Bonchev–Trinajstić information content (AvgIpc) is 2.93. The summed E-state index contributed by atoms with van der Waals surface area (Å²) >= 11 is 0. The van der Waals surface area contributed by atoms with Crippen LogP contribution in [0.3, 0.4) is 0 Å². The molecule has 1 aliphatic rings. The molecule has 142 valence electrons. The minimum Gasteiger partial charge on any atom is -0.297 e. The van der Waals surface area contributed by atoms with Crippen molar-refractivity contribution in [2.24, 2.45) is 0 Å². The molecule has 1 fully saturated rings. The van der Waals surface area contributed by atoms with Gasteiger partial charge in [-0.15, -0.1) is 0 Å². The average molecular weight is 379 g/mol. The largest absolute Gasteiger partial charge is 0.297 e. The molecule has 28 heavy (non-hydrogen) atoms. The Morgan fingerprint density at radius 3 is 1.93 bits per heavy atom. The fourth-order valence-electron chi connectivity index (χ4n) is 3.41. The molecule has 1 aliphatic heterocycles. The third kappa shape index (κ3) is 4.78. The third-order valence-electron chi connectivity index (χ3n) is 4.83. The highest BCUT2D eigenvalue weighted by Gasteiger charge is 2.25. The predicted molar refractivity (Wildman–Crippen MR) is 118 cm³/mol. The molecule has 2 heteroatoms. The highest BCUT2D eigenvalue weighted by Crippen LogP contribution is 2.29. The summed E-state index contributed by atoms with van der Waals surface area (Å²) in [6, 6.07) is 3.85. The van der Waals surface area contributed by atoms with Gasteiger partial charge in [-0.1, -0.05) is 103 Å². The third-order valence-corrected chi connectivity index (χ3v) is 4.83. The van der Waals surface area contributed by atoms with Gasteiger partial charge in [-0.2, -0.15) is 0 Å². The summed E-state index contributed by atoms with van der Waals surface area (Å²) < 4.78 is 82.9. The van der Waals surface area contributed by atoms with Crippen LogP contribution in [-0.2, 0) is 0 Å². The first-order chi connectivity index (χ1) is 18.0. The van der Waals surface area contributed by atoms with Crippen molar-refractivity contribution in [3.8, 4) is 0 Å². The molecule has 0 bridgehead atoms. The molecule has 4 rings (SSSR count). The van der Waals surface area contributed by atoms with Crippen LogP contribution in [0, 0.1) is 0 Å². The second-order valence-corrected chi connectivity index (χ2v) is 6.63. The molecule has 2 nitrogen and oxygen atoms in total. The maximum atomic E-state index is 8.56. The molecule has 1 saturated heterocycles. The number of nitrogens with zero attached hydrogens (tertiary/aromatic N) is 2. The Bertz CT molecular complexity index is 1240. The fraction of sp³-hybridized carbons (Fsp3) is 0.231. The summed E-state index contributed by atoms with van der Waals surface area (Å²) in [4.78, 5) is 4.05. The van der Waals surface area contributed by atoms with Gasteiger partial charge in [0.15, 0.2) is 0 Å². The van der Waals surface area contributed by atoms with Crippen LogP contribution >= 0.6 is 0 Å². The van der Waals surface area contributed by atoms with E-state index in [1.807, 2.05) is 41.3 Å². The standard InChI is InChI=1S/C26H28N2/c1-4-11-23(12-5-1)13-10-18-27-19-21-28(22-20-27)26(24-14-6-2-7-15-24)25-16-8-3-9-17-25/h1-17,26H,18-22H2/b13-10+/i2D,3D,6D,7D,8D,9D,14D,15D,16D,17D. The number of hydrogen-bond donors (Lipinski definition) is 0. The normalized spacial score (nSPS) is 21.0. The van der Waals surface area contributed by atoms with Gasteiger partial charge in [-0.3, -0.25) is 9.80 Å². The molecule has 0 unspecified atom stereocenters. The van der Waals surface area contributed by atoms with Gasteiger partial charge in [0.2, 0.25) is 0 Å². The Morgan fingerprint density at radius 2 is 1.36 bits per heavy atom. The zero-order valence-electron chi connectivity index (χ0n) is 25.5. The second-order valence-electron chi connectivity index (χ2n) is 6.63. The number of rotatable bonds is 6. The van der Waals surface area contributed by atoms with E-state index >= 15 is 0 Å². The predicted octanol–water partition coefficient (Wildman–Crippen LogP) is 5.11. The Morgan fingerprint density at radius 1 is 0.786 bits per heavy atom. The maximum Gasteiger partial charge on any atom is 0.0626 e. The lowest BCUT2D eigenvalue weighted by atomic mass is 9.96. The molecular weight excluding hydrogens is 340 g/mol. The Balaban J connectivity index is 1.72. The van der Waals surface area contributed by atoms with E-state index < -0.39 is 66.5 Å². The summed E-state index contributed by atoms with van der Waals surface area (Å²) in [5.74, 6) is 0.